The maximum absolute atomic E-state index is 11.9. The molecule has 0 radical (unpaired) electrons. The minimum atomic E-state index is -3.26. The Morgan fingerprint density at radius 3 is 2.56 bits per heavy atom. The van der Waals surface area contributed by atoms with Crippen LogP contribution >= 0.6 is 0 Å². The second kappa shape index (κ2) is 5.57. The molecule has 18 heavy (non-hydrogen) atoms. The molecule has 104 valence electrons. The molecular formula is C12H21NO4S. The van der Waals surface area contributed by atoms with Crippen LogP contribution in [0.1, 0.15) is 38.5 Å². The molecule has 2 rings (SSSR count). The molecule has 2 N–H and O–H groups in total. The first-order valence-electron chi connectivity index (χ1n) is 6.68. The monoisotopic (exact) mass is 275 g/mol. The number of carbonyl (C=O) groups excluding carboxylic acids is 1. The quantitative estimate of drug-likeness (QED) is 0.772. The molecule has 3 atom stereocenters. The summed E-state index contributed by atoms with van der Waals surface area (Å²) in [7, 11) is -3.26. The van der Waals surface area contributed by atoms with Gasteiger partial charge in [0.1, 0.15) is 5.25 Å². The molecule has 1 saturated carbocycles. The van der Waals surface area contributed by atoms with Gasteiger partial charge < -0.3 is 10.4 Å². The highest BCUT2D eigenvalue weighted by Crippen LogP contribution is 2.25. The SMILES string of the molecule is O=C(NCC1CCCC1O)C1CCCCS1(=O)=O. The van der Waals surface area contributed by atoms with E-state index in [0.29, 0.717) is 19.4 Å². The van der Waals surface area contributed by atoms with Crippen molar-refractivity contribution in [2.45, 2.75) is 49.9 Å². The van der Waals surface area contributed by atoms with Crippen molar-refractivity contribution in [1.82, 2.24) is 5.32 Å². The Morgan fingerprint density at radius 1 is 1.17 bits per heavy atom. The number of carbonyl (C=O) groups is 1. The lowest BCUT2D eigenvalue weighted by Crippen LogP contribution is -2.44. The largest absolute Gasteiger partial charge is 0.393 e. The third kappa shape index (κ3) is 3.03. The summed E-state index contributed by atoms with van der Waals surface area (Å²) in [5, 5.41) is 11.5. The van der Waals surface area contributed by atoms with Crippen molar-refractivity contribution < 1.29 is 18.3 Å². The van der Waals surface area contributed by atoms with E-state index in [9.17, 15) is 18.3 Å². The van der Waals surface area contributed by atoms with E-state index in [-0.39, 0.29) is 23.7 Å². The minimum Gasteiger partial charge on any atom is -0.393 e. The number of rotatable bonds is 3. The lowest BCUT2D eigenvalue weighted by molar-refractivity contribution is -0.121. The fourth-order valence-corrected chi connectivity index (χ4v) is 4.68. The topological polar surface area (TPSA) is 83.5 Å². The fourth-order valence-electron chi connectivity index (χ4n) is 2.85. The Kier molecular flexibility index (Phi) is 4.27. The van der Waals surface area contributed by atoms with Crippen molar-refractivity contribution in [3.63, 3.8) is 0 Å². The van der Waals surface area contributed by atoms with Gasteiger partial charge in [-0.25, -0.2) is 8.42 Å². The zero-order valence-corrected chi connectivity index (χ0v) is 11.3. The van der Waals surface area contributed by atoms with Crippen molar-refractivity contribution in [2.75, 3.05) is 12.3 Å². The molecule has 1 aliphatic heterocycles. The summed E-state index contributed by atoms with van der Waals surface area (Å²) in [6, 6.07) is 0. The van der Waals surface area contributed by atoms with Crippen molar-refractivity contribution in [3.8, 4) is 0 Å². The van der Waals surface area contributed by atoms with E-state index in [4.69, 9.17) is 0 Å². The minimum absolute atomic E-state index is 0.0836. The highest BCUT2D eigenvalue weighted by Gasteiger charge is 2.35. The highest BCUT2D eigenvalue weighted by atomic mass is 32.2. The molecule has 1 aliphatic carbocycles. The lowest BCUT2D eigenvalue weighted by atomic mass is 10.1. The van der Waals surface area contributed by atoms with E-state index in [0.717, 1.165) is 25.7 Å². The van der Waals surface area contributed by atoms with E-state index in [1.807, 2.05) is 0 Å². The Balaban J connectivity index is 1.87. The lowest BCUT2D eigenvalue weighted by Gasteiger charge is -2.23. The normalized spacial score (nSPS) is 35.3. The molecule has 5 nitrogen and oxygen atoms in total. The summed E-state index contributed by atoms with van der Waals surface area (Å²) in [4.78, 5) is 11.9. The molecule has 1 heterocycles. The number of aliphatic hydroxyl groups excluding tert-OH is 1. The second-order valence-corrected chi connectivity index (χ2v) is 7.66. The third-order valence-corrected chi connectivity index (χ3v) is 6.20. The first-order chi connectivity index (χ1) is 8.50. The number of nitrogens with one attached hydrogen (secondary N) is 1. The number of amides is 1. The summed E-state index contributed by atoms with van der Waals surface area (Å²) >= 11 is 0. The third-order valence-electron chi connectivity index (χ3n) is 4.03. The Morgan fingerprint density at radius 2 is 1.94 bits per heavy atom. The van der Waals surface area contributed by atoms with Gasteiger partial charge in [0.15, 0.2) is 9.84 Å². The van der Waals surface area contributed by atoms with Crippen LogP contribution in [-0.2, 0) is 14.6 Å². The first-order valence-corrected chi connectivity index (χ1v) is 8.39. The molecule has 1 saturated heterocycles. The van der Waals surface area contributed by atoms with Crippen molar-refractivity contribution >= 4 is 15.7 Å². The first kappa shape index (κ1) is 13.8. The van der Waals surface area contributed by atoms with Gasteiger partial charge in [0.2, 0.25) is 5.91 Å². The van der Waals surface area contributed by atoms with Gasteiger partial charge in [-0.2, -0.15) is 0 Å². The van der Waals surface area contributed by atoms with Crippen LogP contribution in [0.4, 0.5) is 0 Å². The summed E-state index contributed by atoms with van der Waals surface area (Å²) in [5.74, 6) is -0.175. The van der Waals surface area contributed by atoms with Crippen LogP contribution in [0.15, 0.2) is 0 Å². The zero-order valence-electron chi connectivity index (χ0n) is 10.5. The summed E-state index contributed by atoms with van der Waals surface area (Å²) in [5.41, 5.74) is 0. The fraction of sp³-hybridized carbons (Fsp3) is 0.917. The average Bonchev–Trinajstić information content (AvgIpc) is 2.71. The molecule has 1 amide bonds. The maximum atomic E-state index is 11.9. The van der Waals surface area contributed by atoms with Gasteiger partial charge in [0.05, 0.1) is 11.9 Å². The molecule has 0 aromatic heterocycles. The summed E-state index contributed by atoms with van der Waals surface area (Å²) < 4.78 is 23.5. The summed E-state index contributed by atoms with van der Waals surface area (Å²) in [6.45, 7) is 0.395. The molecule has 0 aromatic carbocycles. The molecule has 3 unspecified atom stereocenters. The maximum Gasteiger partial charge on any atom is 0.238 e. The Hall–Kier alpha value is -0.620. The van der Waals surface area contributed by atoms with Crippen molar-refractivity contribution in [1.29, 1.82) is 0 Å². The highest BCUT2D eigenvalue weighted by molar-refractivity contribution is 7.92. The van der Waals surface area contributed by atoms with Gasteiger partial charge in [-0.05, 0) is 25.7 Å². The van der Waals surface area contributed by atoms with E-state index in [2.05, 4.69) is 5.32 Å². The number of sulfone groups is 1. The van der Waals surface area contributed by atoms with Crippen LogP contribution in [0, 0.1) is 5.92 Å². The van der Waals surface area contributed by atoms with Crippen LogP contribution < -0.4 is 5.32 Å². The van der Waals surface area contributed by atoms with Gasteiger partial charge in [0, 0.05) is 12.5 Å². The van der Waals surface area contributed by atoms with Crippen LogP contribution in [0.3, 0.4) is 0 Å². The van der Waals surface area contributed by atoms with Gasteiger partial charge >= 0.3 is 0 Å². The van der Waals surface area contributed by atoms with Gasteiger partial charge in [-0.15, -0.1) is 0 Å². The Bertz CT molecular complexity index is 406. The van der Waals surface area contributed by atoms with Gasteiger partial charge in [-0.1, -0.05) is 12.8 Å². The van der Waals surface area contributed by atoms with E-state index in [1.54, 1.807) is 0 Å². The molecule has 6 heteroatoms. The molecule has 2 aliphatic rings. The van der Waals surface area contributed by atoms with Gasteiger partial charge in [0.25, 0.3) is 0 Å². The smallest absolute Gasteiger partial charge is 0.238 e. The zero-order chi connectivity index (χ0) is 13.2. The van der Waals surface area contributed by atoms with Crippen molar-refractivity contribution in [3.05, 3.63) is 0 Å². The van der Waals surface area contributed by atoms with E-state index in [1.165, 1.54) is 0 Å². The molecular weight excluding hydrogens is 254 g/mol. The summed E-state index contributed by atoms with van der Waals surface area (Å²) in [6.07, 6.45) is 4.19. The van der Waals surface area contributed by atoms with E-state index >= 15 is 0 Å². The standard InChI is InChI=1S/C12H21NO4S/c14-10-5-3-4-9(10)8-13-12(15)11-6-1-2-7-18(11,16)17/h9-11,14H,1-8H2,(H,13,15). The predicted octanol–water partition coefficient (Wildman–Crippen LogP) is 0.231. The van der Waals surface area contributed by atoms with Crippen LogP contribution in [0.2, 0.25) is 0 Å². The van der Waals surface area contributed by atoms with E-state index < -0.39 is 15.1 Å². The molecule has 0 bridgehead atoms. The number of hydrogen-bond acceptors (Lipinski definition) is 4. The Labute approximate surface area is 108 Å². The number of hydrogen-bond donors (Lipinski definition) is 2. The van der Waals surface area contributed by atoms with Crippen LogP contribution in [-0.4, -0.2) is 43.1 Å². The molecule has 0 spiro atoms. The average molecular weight is 275 g/mol. The van der Waals surface area contributed by atoms with Crippen LogP contribution in [0.25, 0.3) is 0 Å². The van der Waals surface area contributed by atoms with Crippen LogP contribution in [0.5, 0.6) is 0 Å². The predicted molar refractivity (Wildman–Crippen MR) is 67.8 cm³/mol. The number of aliphatic hydroxyl groups is 1. The van der Waals surface area contributed by atoms with Crippen molar-refractivity contribution in [2.24, 2.45) is 5.92 Å². The molecule has 2 fully saturated rings. The van der Waals surface area contributed by atoms with Gasteiger partial charge in [-0.3, -0.25) is 4.79 Å². The molecule has 0 aromatic rings. The second-order valence-electron chi connectivity index (χ2n) is 5.35.